The first-order valence-electron chi connectivity index (χ1n) is 30.3. The predicted molar refractivity (Wildman–Crippen MR) is 295 cm³/mol. The molecule has 0 aromatic heterocycles. The van der Waals surface area contributed by atoms with E-state index in [-0.39, 0.29) is 42.8 Å². The maximum Gasteiger partial charge on any atom is 0.306 e. The highest BCUT2D eigenvalue weighted by atomic mass is 16.5. The van der Waals surface area contributed by atoms with Gasteiger partial charge in [-0.3, -0.25) is 19.2 Å². The van der Waals surface area contributed by atoms with Crippen LogP contribution >= 0.6 is 0 Å². The van der Waals surface area contributed by atoms with Gasteiger partial charge in [-0.05, 0) is 46.0 Å². The van der Waals surface area contributed by atoms with Crippen molar-refractivity contribution in [3.8, 4) is 0 Å². The third-order valence-electron chi connectivity index (χ3n) is 12.7. The van der Waals surface area contributed by atoms with Crippen molar-refractivity contribution >= 4 is 23.9 Å². The highest BCUT2D eigenvalue weighted by Crippen LogP contribution is 2.15. The van der Waals surface area contributed by atoms with Gasteiger partial charge >= 0.3 is 23.9 Å². The third-order valence-corrected chi connectivity index (χ3v) is 12.7. The van der Waals surface area contributed by atoms with E-state index in [1.54, 1.807) is 0 Å². The van der Waals surface area contributed by atoms with Crippen LogP contribution in [0.25, 0.3) is 0 Å². The Morgan fingerprint density at radius 1 is 0.246 bits per heavy atom. The predicted octanol–water partition coefficient (Wildman–Crippen LogP) is 19.6. The Morgan fingerprint density at radius 2 is 0.435 bits per heavy atom. The number of esters is 4. The topological polar surface area (TPSA) is 105 Å². The third kappa shape index (κ3) is 70.2. The molecular formula is C61H120O8. The van der Waals surface area contributed by atoms with Crippen LogP contribution in [0.5, 0.6) is 0 Å². The fourth-order valence-electron chi connectivity index (χ4n) is 8.17. The van der Waals surface area contributed by atoms with Crippen molar-refractivity contribution in [3.63, 3.8) is 0 Å². The Morgan fingerprint density at radius 3 is 0.667 bits per heavy atom. The number of carbonyl (C=O) groups is 4. The Bertz CT molecular complexity index is 999. The molecule has 69 heavy (non-hydrogen) atoms. The second-order valence-electron chi connectivity index (χ2n) is 20.3. The van der Waals surface area contributed by atoms with Crippen LogP contribution in [0, 0.1) is 0 Å². The van der Waals surface area contributed by atoms with E-state index in [1.165, 1.54) is 225 Å². The van der Waals surface area contributed by atoms with E-state index in [0.717, 1.165) is 44.9 Å². The zero-order chi connectivity index (χ0) is 51.4. The Labute approximate surface area is 430 Å². The normalized spacial score (nSPS) is 10.8. The van der Waals surface area contributed by atoms with Crippen molar-refractivity contribution in [2.24, 2.45) is 0 Å². The van der Waals surface area contributed by atoms with Gasteiger partial charge in [0, 0.05) is 12.8 Å². The molecule has 0 N–H and O–H groups in total. The lowest BCUT2D eigenvalue weighted by atomic mass is 10.0. The van der Waals surface area contributed by atoms with Gasteiger partial charge in [-0.25, -0.2) is 0 Å². The summed E-state index contributed by atoms with van der Waals surface area (Å²) in [5, 5.41) is 0. The standard InChI is InChI=1S/C24H48O2.C20H38O4.C17H34O2/c1-3-5-7-9-11-12-13-14-15-16-17-18-20-22-24(25)26-23-21-19-10-8-6-4-2;1-3-5-7-9-11-13-17-23-19(21)15-16-20(22)24-18-14-12-10-8-6-4-2;1-4-5-6-7-8-9-10-11-12-13-14-15-17(18)19-16(2)3/h3-23H2,1-2H3;3-18H2,1-2H3;16H,4-15H2,1-3H3. The van der Waals surface area contributed by atoms with Crippen LogP contribution in [0.4, 0.5) is 0 Å². The first-order chi connectivity index (χ1) is 33.7. The lowest BCUT2D eigenvalue weighted by molar-refractivity contribution is -0.150. The molecule has 412 valence electrons. The summed E-state index contributed by atoms with van der Waals surface area (Å²) in [7, 11) is 0. The molecule has 0 rings (SSSR count). The van der Waals surface area contributed by atoms with E-state index in [9.17, 15) is 19.2 Å². The molecule has 0 bridgehead atoms. The van der Waals surface area contributed by atoms with E-state index >= 15 is 0 Å². The molecule has 8 nitrogen and oxygen atoms in total. The lowest BCUT2D eigenvalue weighted by Gasteiger charge is -2.07. The minimum atomic E-state index is -0.292. The number of unbranched alkanes of at least 4 members (excludes halogenated alkanes) is 37. The fraction of sp³-hybridized carbons (Fsp3) is 0.934. The van der Waals surface area contributed by atoms with Crippen LogP contribution in [0.2, 0.25) is 0 Å². The van der Waals surface area contributed by atoms with E-state index in [0.29, 0.717) is 32.7 Å². The number of ether oxygens (including phenoxy) is 4. The van der Waals surface area contributed by atoms with Crippen LogP contribution in [-0.4, -0.2) is 49.8 Å². The summed E-state index contributed by atoms with van der Waals surface area (Å²) >= 11 is 0. The molecule has 0 amide bonds. The Balaban J connectivity index is -0.000000959. The van der Waals surface area contributed by atoms with Crippen molar-refractivity contribution in [2.45, 2.75) is 350 Å². The SMILES string of the molecule is CCCCCCCCCCCCCC(=O)OC(C)C.CCCCCCCCCCCCCCCC(=O)OCCCCCCCC.CCCCCCCCOC(=O)CCC(=O)OCCCCCCCC. The molecule has 0 fully saturated rings. The van der Waals surface area contributed by atoms with Crippen molar-refractivity contribution in [3.05, 3.63) is 0 Å². The summed E-state index contributed by atoms with van der Waals surface area (Å²) in [6.45, 7) is 16.5. The van der Waals surface area contributed by atoms with Gasteiger partial charge in [0.1, 0.15) is 0 Å². The van der Waals surface area contributed by atoms with Gasteiger partial charge in [0.05, 0.1) is 38.8 Å². The minimum absolute atomic E-state index is 0.0154. The summed E-state index contributed by atoms with van der Waals surface area (Å²) in [4.78, 5) is 46.0. The molecule has 0 saturated carbocycles. The van der Waals surface area contributed by atoms with E-state index in [2.05, 4.69) is 34.6 Å². The summed E-state index contributed by atoms with van der Waals surface area (Å²) in [5.74, 6) is -0.604. The maximum absolute atomic E-state index is 11.7. The van der Waals surface area contributed by atoms with Crippen LogP contribution in [-0.2, 0) is 38.1 Å². The molecule has 0 saturated heterocycles. The molecule has 0 aromatic carbocycles. The first-order valence-corrected chi connectivity index (χ1v) is 30.3. The molecule has 0 atom stereocenters. The van der Waals surface area contributed by atoms with Gasteiger partial charge in [-0.2, -0.15) is 0 Å². The molecule has 0 aromatic rings. The number of carbonyl (C=O) groups excluding carboxylic acids is 4. The molecular weight excluding hydrogens is 861 g/mol. The molecule has 0 spiro atoms. The molecule has 0 heterocycles. The second kappa shape index (κ2) is 63.9. The zero-order valence-electron chi connectivity index (χ0n) is 47.5. The van der Waals surface area contributed by atoms with E-state index in [4.69, 9.17) is 18.9 Å². The molecule has 0 unspecified atom stereocenters. The zero-order valence-corrected chi connectivity index (χ0v) is 47.5. The van der Waals surface area contributed by atoms with Crippen molar-refractivity contribution in [1.82, 2.24) is 0 Å². The quantitative estimate of drug-likeness (QED) is 0.0337. The van der Waals surface area contributed by atoms with E-state index in [1.807, 2.05) is 13.8 Å². The number of rotatable bonds is 51. The van der Waals surface area contributed by atoms with Crippen LogP contribution in [0.1, 0.15) is 344 Å². The summed E-state index contributed by atoms with van der Waals surface area (Å²) in [6.07, 6.45) is 54.9. The van der Waals surface area contributed by atoms with Gasteiger partial charge in [0.15, 0.2) is 0 Å². The summed E-state index contributed by atoms with van der Waals surface area (Å²) < 4.78 is 20.7. The van der Waals surface area contributed by atoms with Gasteiger partial charge in [-0.15, -0.1) is 0 Å². The van der Waals surface area contributed by atoms with E-state index < -0.39 is 0 Å². The van der Waals surface area contributed by atoms with Crippen LogP contribution in [0.15, 0.2) is 0 Å². The summed E-state index contributed by atoms with van der Waals surface area (Å²) in [6, 6.07) is 0. The van der Waals surface area contributed by atoms with Gasteiger partial charge in [0.25, 0.3) is 0 Å². The van der Waals surface area contributed by atoms with Crippen molar-refractivity contribution in [1.29, 1.82) is 0 Å². The van der Waals surface area contributed by atoms with Gasteiger partial charge in [0.2, 0.25) is 0 Å². The van der Waals surface area contributed by atoms with Gasteiger partial charge < -0.3 is 18.9 Å². The smallest absolute Gasteiger partial charge is 0.306 e. The van der Waals surface area contributed by atoms with Gasteiger partial charge in [-0.1, -0.05) is 272 Å². The monoisotopic (exact) mass is 981 g/mol. The van der Waals surface area contributed by atoms with Crippen molar-refractivity contribution < 1.29 is 38.1 Å². The Hall–Kier alpha value is -2.12. The Kier molecular flexibility index (Phi) is 65.9. The molecule has 0 radical (unpaired) electrons. The molecule has 0 aliphatic carbocycles. The molecule has 8 heteroatoms. The van der Waals surface area contributed by atoms with Crippen LogP contribution in [0.3, 0.4) is 0 Å². The van der Waals surface area contributed by atoms with Crippen LogP contribution < -0.4 is 0 Å². The number of hydrogen-bond donors (Lipinski definition) is 0. The maximum atomic E-state index is 11.7. The molecule has 0 aliphatic rings. The first kappa shape index (κ1) is 71.1. The highest BCUT2D eigenvalue weighted by molar-refractivity contribution is 5.77. The average molecular weight is 982 g/mol. The fourth-order valence-corrected chi connectivity index (χ4v) is 8.17. The molecule has 0 aliphatic heterocycles. The average Bonchev–Trinajstić information content (AvgIpc) is 3.33. The minimum Gasteiger partial charge on any atom is -0.466 e. The largest absolute Gasteiger partial charge is 0.466 e. The highest BCUT2D eigenvalue weighted by Gasteiger charge is 2.09. The van der Waals surface area contributed by atoms with Crippen molar-refractivity contribution in [2.75, 3.05) is 19.8 Å². The second-order valence-corrected chi connectivity index (χ2v) is 20.3. The lowest BCUT2D eigenvalue weighted by Crippen LogP contribution is -2.11. The number of hydrogen-bond acceptors (Lipinski definition) is 8. The summed E-state index contributed by atoms with van der Waals surface area (Å²) in [5.41, 5.74) is 0.